The van der Waals surface area contributed by atoms with Crippen molar-refractivity contribution in [1.82, 2.24) is 4.90 Å². The van der Waals surface area contributed by atoms with Crippen LogP contribution in [0.5, 0.6) is 0 Å². The van der Waals surface area contributed by atoms with Crippen LogP contribution in [-0.2, 0) is 11.3 Å². The molecule has 1 fully saturated rings. The summed E-state index contributed by atoms with van der Waals surface area (Å²) in [6, 6.07) is 12.2. The van der Waals surface area contributed by atoms with Crippen molar-refractivity contribution < 1.29 is 14.3 Å². The summed E-state index contributed by atoms with van der Waals surface area (Å²) in [4.78, 5) is 11.9. The van der Waals surface area contributed by atoms with Crippen LogP contribution < -0.4 is 0 Å². The van der Waals surface area contributed by atoms with Gasteiger partial charge in [-0.3, -0.25) is 10.2 Å². The van der Waals surface area contributed by atoms with Crippen LogP contribution in [0.3, 0.4) is 0 Å². The van der Waals surface area contributed by atoms with Gasteiger partial charge in [-0.05, 0) is 40.7 Å². The molecule has 0 radical (unpaired) electrons. The summed E-state index contributed by atoms with van der Waals surface area (Å²) in [5, 5.41) is 18.3. The molecule has 4 nitrogen and oxygen atoms in total. The predicted molar refractivity (Wildman–Crippen MR) is 95.3 cm³/mol. The Morgan fingerprint density at radius 2 is 1.96 bits per heavy atom. The number of amidine groups is 1. The largest absolute Gasteiger partial charge is 0.481 e. The lowest BCUT2D eigenvalue weighted by molar-refractivity contribution is -0.133. The number of benzene rings is 2. The van der Waals surface area contributed by atoms with Gasteiger partial charge in [0.05, 0.1) is 11.6 Å². The molecule has 2 aromatic carbocycles. The molecule has 0 aromatic heterocycles. The molecule has 0 spiro atoms. The average molecular weight is 346 g/mol. The molecule has 0 unspecified atom stereocenters. The van der Waals surface area contributed by atoms with Crippen molar-refractivity contribution in [2.24, 2.45) is 0 Å². The molecule has 0 amide bonds. The van der Waals surface area contributed by atoms with Gasteiger partial charge in [-0.1, -0.05) is 36.4 Å². The fraction of sp³-hybridized carbons (Fsp3) is 0.333. The van der Waals surface area contributed by atoms with Gasteiger partial charge in [0.15, 0.2) is 0 Å². The van der Waals surface area contributed by atoms with Crippen LogP contribution in [0.15, 0.2) is 36.4 Å². The number of hydrogen-bond acceptors (Lipinski definition) is 3. The number of hydrogen-bond donors (Lipinski definition) is 2. The summed E-state index contributed by atoms with van der Waals surface area (Å²) in [5.74, 6) is -0.277. The molecule has 3 rings (SSSR count). The van der Waals surface area contributed by atoms with Crippen LogP contribution in [-0.4, -0.2) is 33.7 Å². The van der Waals surface area contributed by atoms with E-state index in [2.05, 4.69) is 12.1 Å². The Morgan fingerprint density at radius 3 is 2.58 bits per heavy atom. The molecule has 6 heteroatoms. The number of carbonyl (C=O) groups is 1. The van der Waals surface area contributed by atoms with Crippen LogP contribution in [0.25, 0.3) is 10.8 Å². The Morgan fingerprint density at radius 1 is 1.25 bits per heavy atom. The van der Waals surface area contributed by atoms with E-state index in [-0.39, 0.29) is 18.2 Å². The molecule has 0 heterocycles. The fourth-order valence-corrected chi connectivity index (χ4v) is 3.58. The van der Waals surface area contributed by atoms with Gasteiger partial charge >= 0.3 is 5.97 Å². The van der Waals surface area contributed by atoms with Crippen LogP contribution in [0.1, 0.15) is 29.9 Å². The fourth-order valence-electron chi connectivity index (χ4n) is 2.89. The van der Waals surface area contributed by atoms with Gasteiger partial charge in [0.2, 0.25) is 0 Å². The molecule has 0 bridgehead atoms. The van der Waals surface area contributed by atoms with Gasteiger partial charge < -0.3 is 10.0 Å². The number of fused-ring (bicyclic) bond motifs is 1. The molecule has 1 aliphatic carbocycles. The summed E-state index contributed by atoms with van der Waals surface area (Å²) >= 11 is 1.09. The second kappa shape index (κ2) is 7.21. The lowest BCUT2D eigenvalue weighted by atomic mass is 9.97. The Kier molecular flexibility index (Phi) is 5.04. The number of nitrogens with one attached hydrogen (secondary N) is 1. The summed E-state index contributed by atoms with van der Waals surface area (Å²) in [6.45, 7) is 0.257. The third-order valence-electron chi connectivity index (χ3n) is 4.18. The van der Waals surface area contributed by atoms with Crippen LogP contribution in [0, 0.1) is 5.41 Å². The van der Waals surface area contributed by atoms with Gasteiger partial charge in [0.25, 0.3) is 6.09 Å². The van der Waals surface area contributed by atoms with Crippen LogP contribution in [0.2, 0.25) is 0 Å². The highest BCUT2D eigenvalue weighted by Crippen LogP contribution is 2.43. The number of carboxylic acid groups (broad SMARTS) is 1. The van der Waals surface area contributed by atoms with Gasteiger partial charge in [0, 0.05) is 6.54 Å². The molecule has 1 aliphatic rings. The highest BCUT2D eigenvalue weighted by atomic mass is 32.2. The number of nitrogens with zero attached hydrogens (tertiary/aromatic N) is 1. The second-order valence-corrected chi connectivity index (χ2v) is 6.95. The van der Waals surface area contributed by atoms with Crippen molar-refractivity contribution in [1.29, 1.82) is 5.41 Å². The van der Waals surface area contributed by atoms with E-state index in [9.17, 15) is 9.18 Å². The summed E-state index contributed by atoms with van der Waals surface area (Å²) in [5.41, 5.74) is 2.30. The maximum Gasteiger partial charge on any atom is 0.313 e. The number of aliphatic carboxylic acids is 1. The summed E-state index contributed by atoms with van der Waals surface area (Å²) < 4.78 is 13.5. The van der Waals surface area contributed by atoms with Crippen molar-refractivity contribution in [3.63, 3.8) is 0 Å². The maximum absolute atomic E-state index is 13.5. The van der Waals surface area contributed by atoms with Crippen LogP contribution in [0.4, 0.5) is 4.39 Å². The van der Waals surface area contributed by atoms with Gasteiger partial charge in [-0.2, -0.15) is 4.39 Å². The van der Waals surface area contributed by atoms with E-state index in [4.69, 9.17) is 10.5 Å². The molecule has 2 N–H and O–H groups in total. The number of rotatable bonds is 7. The highest BCUT2D eigenvalue weighted by molar-refractivity contribution is 7.99. The molecular formula is C18H19FN2O2S. The van der Waals surface area contributed by atoms with Gasteiger partial charge in [-0.25, -0.2) is 0 Å². The lowest BCUT2D eigenvalue weighted by Crippen LogP contribution is -2.27. The zero-order valence-electron chi connectivity index (χ0n) is 13.2. The van der Waals surface area contributed by atoms with E-state index in [1.54, 1.807) is 0 Å². The van der Waals surface area contributed by atoms with Crippen molar-refractivity contribution >= 4 is 34.6 Å². The van der Waals surface area contributed by atoms with Gasteiger partial charge in [0.1, 0.15) is 0 Å². The molecular weight excluding hydrogens is 327 g/mol. The van der Waals surface area contributed by atoms with Crippen LogP contribution >= 0.6 is 11.8 Å². The minimum atomic E-state index is -1.04. The minimum absolute atomic E-state index is 0.106. The topological polar surface area (TPSA) is 64.4 Å². The Balaban J connectivity index is 1.84. The smallest absolute Gasteiger partial charge is 0.313 e. The number of thioether (sulfide) groups is 1. The molecule has 0 saturated heterocycles. The van der Waals surface area contributed by atoms with Gasteiger partial charge in [-0.15, -0.1) is 11.8 Å². The Bertz CT molecular complexity index is 777. The molecule has 1 saturated carbocycles. The average Bonchev–Trinajstić information content (AvgIpc) is 3.38. The Hall–Kier alpha value is -2.08. The Labute approximate surface area is 144 Å². The number of halogens is 1. The second-order valence-electron chi connectivity index (χ2n) is 5.99. The van der Waals surface area contributed by atoms with Crippen molar-refractivity contribution in [3.8, 4) is 0 Å². The molecule has 24 heavy (non-hydrogen) atoms. The lowest BCUT2D eigenvalue weighted by Gasteiger charge is -2.21. The normalized spacial score (nSPS) is 13.9. The van der Waals surface area contributed by atoms with E-state index < -0.39 is 12.1 Å². The van der Waals surface area contributed by atoms with E-state index in [0.29, 0.717) is 5.92 Å². The van der Waals surface area contributed by atoms with Crippen molar-refractivity contribution in [2.75, 3.05) is 11.6 Å². The first-order valence-electron chi connectivity index (χ1n) is 7.85. The zero-order valence-corrected chi connectivity index (χ0v) is 14.0. The first kappa shape index (κ1) is 16.8. The predicted octanol–water partition coefficient (Wildman–Crippen LogP) is 4.20. The van der Waals surface area contributed by atoms with E-state index in [1.165, 1.54) is 28.7 Å². The van der Waals surface area contributed by atoms with E-state index in [0.717, 1.165) is 22.7 Å². The standard InChI is InChI=1S/C18H19FN2O2S/c19-18(20)21(11-24-10-17(22)23)9-13-7-8-15(12-5-6-12)16-4-2-1-3-14(13)16/h1-4,7-8,12,20H,5-6,9-11H2,(H,22,23). The molecule has 0 aliphatic heterocycles. The van der Waals surface area contributed by atoms with Crippen molar-refractivity contribution in [2.45, 2.75) is 25.3 Å². The molecule has 0 atom stereocenters. The zero-order chi connectivity index (χ0) is 17.1. The minimum Gasteiger partial charge on any atom is -0.481 e. The molecule has 2 aromatic rings. The summed E-state index contributed by atoms with van der Waals surface area (Å²) in [6.07, 6.45) is 1.40. The molecule has 126 valence electrons. The number of carboxylic acids is 1. The first-order valence-corrected chi connectivity index (χ1v) is 9.01. The SMILES string of the molecule is N=C(F)N(CSCC(=O)O)Cc1ccc(C2CC2)c2ccccc12. The first-order chi connectivity index (χ1) is 11.6. The third-order valence-corrected chi connectivity index (χ3v) is 5.12. The summed E-state index contributed by atoms with van der Waals surface area (Å²) in [7, 11) is 0. The highest BCUT2D eigenvalue weighted by Gasteiger charge is 2.25. The third kappa shape index (κ3) is 3.87. The van der Waals surface area contributed by atoms with Crippen molar-refractivity contribution in [3.05, 3.63) is 47.5 Å². The van der Waals surface area contributed by atoms with E-state index >= 15 is 0 Å². The maximum atomic E-state index is 13.5. The monoisotopic (exact) mass is 346 g/mol. The quantitative estimate of drug-likeness (QED) is 0.341. The van der Waals surface area contributed by atoms with E-state index in [1.807, 2.05) is 24.3 Å².